The number of rotatable bonds is 8. The topological polar surface area (TPSA) is 50.8 Å². The van der Waals surface area contributed by atoms with Gasteiger partial charge in [-0.05, 0) is 48.0 Å². The number of carbonyl (C=O) groups excluding carboxylic acids is 1. The van der Waals surface area contributed by atoms with Gasteiger partial charge in [-0.3, -0.25) is 9.69 Å². The zero-order valence-corrected chi connectivity index (χ0v) is 16.9. The van der Waals surface area contributed by atoms with Crippen LogP contribution in [-0.2, 0) is 11.4 Å². The van der Waals surface area contributed by atoms with E-state index in [2.05, 4.69) is 12.2 Å². The molecule has 0 aromatic heterocycles. The number of carbonyl (C=O) groups is 1. The lowest BCUT2D eigenvalue weighted by atomic mass is 10.1. The van der Waals surface area contributed by atoms with Crippen LogP contribution >= 0.6 is 12.2 Å². The van der Waals surface area contributed by atoms with Crippen molar-refractivity contribution in [3.05, 3.63) is 65.4 Å². The van der Waals surface area contributed by atoms with Gasteiger partial charge < -0.3 is 14.8 Å². The van der Waals surface area contributed by atoms with Crippen molar-refractivity contribution in [1.82, 2.24) is 10.2 Å². The second-order valence-corrected chi connectivity index (χ2v) is 6.87. The molecular weight excluding hydrogens is 372 g/mol. The van der Waals surface area contributed by atoms with Gasteiger partial charge in [0.1, 0.15) is 12.3 Å². The molecule has 5 nitrogen and oxygen atoms in total. The van der Waals surface area contributed by atoms with Gasteiger partial charge in [-0.15, -0.1) is 0 Å². The first-order valence-electron chi connectivity index (χ1n) is 9.31. The van der Waals surface area contributed by atoms with Gasteiger partial charge in [-0.2, -0.15) is 0 Å². The van der Waals surface area contributed by atoms with Gasteiger partial charge in [0, 0.05) is 6.54 Å². The number of amides is 1. The molecule has 2 aromatic rings. The summed E-state index contributed by atoms with van der Waals surface area (Å²) in [6.07, 6.45) is 3.71. The molecule has 0 atom stereocenters. The summed E-state index contributed by atoms with van der Waals surface area (Å²) in [6, 6.07) is 15.5. The highest BCUT2D eigenvalue weighted by molar-refractivity contribution is 7.80. The number of ether oxygens (including phenoxy) is 2. The van der Waals surface area contributed by atoms with Crippen LogP contribution < -0.4 is 14.8 Å². The van der Waals surface area contributed by atoms with E-state index < -0.39 is 0 Å². The first-order chi connectivity index (χ1) is 13.6. The van der Waals surface area contributed by atoms with Crippen LogP contribution in [0.15, 0.2) is 54.2 Å². The Morgan fingerprint density at radius 3 is 2.64 bits per heavy atom. The number of nitrogens with one attached hydrogen (secondary N) is 1. The van der Waals surface area contributed by atoms with E-state index in [1.54, 1.807) is 18.1 Å². The highest BCUT2D eigenvalue weighted by Crippen LogP contribution is 2.30. The summed E-state index contributed by atoms with van der Waals surface area (Å²) < 4.78 is 11.3. The molecule has 1 aliphatic heterocycles. The van der Waals surface area contributed by atoms with Gasteiger partial charge in [0.15, 0.2) is 16.6 Å². The molecule has 0 bridgehead atoms. The first-order valence-corrected chi connectivity index (χ1v) is 9.72. The van der Waals surface area contributed by atoms with Crippen molar-refractivity contribution in [1.29, 1.82) is 0 Å². The minimum absolute atomic E-state index is 0.0955. The zero-order valence-electron chi connectivity index (χ0n) is 16.1. The lowest BCUT2D eigenvalue weighted by Crippen LogP contribution is -2.31. The summed E-state index contributed by atoms with van der Waals surface area (Å²) in [6.45, 7) is 3.17. The van der Waals surface area contributed by atoms with Crippen molar-refractivity contribution >= 4 is 29.3 Å². The van der Waals surface area contributed by atoms with Crippen LogP contribution in [0.2, 0.25) is 0 Å². The van der Waals surface area contributed by atoms with Crippen molar-refractivity contribution in [2.45, 2.75) is 26.4 Å². The van der Waals surface area contributed by atoms with Crippen LogP contribution in [0.5, 0.6) is 11.5 Å². The van der Waals surface area contributed by atoms with Crippen molar-refractivity contribution in [3.8, 4) is 11.5 Å². The third kappa shape index (κ3) is 4.70. The average molecular weight is 397 g/mol. The van der Waals surface area contributed by atoms with Crippen molar-refractivity contribution in [2.75, 3.05) is 13.7 Å². The monoisotopic (exact) mass is 396 g/mol. The molecule has 0 saturated carbocycles. The Hall–Kier alpha value is -2.86. The minimum atomic E-state index is -0.0955. The number of unbranched alkanes of at least 4 members (excludes halogenated alkanes) is 1. The molecule has 1 heterocycles. The molecule has 1 N–H and O–H groups in total. The van der Waals surface area contributed by atoms with Gasteiger partial charge in [-0.1, -0.05) is 49.7 Å². The SMILES string of the molecule is CCCCN1C(=O)/C(=C\c2ccc(OCc3ccccc3)c(OC)c2)NC1=S. The summed E-state index contributed by atoms with van der Waals surface area (Å²) in [4.78, 5) is 14.2. The Labute approximate surface area is 170 Å². The predicted molar refractivity (Wildman–Crippen MR) is 114 cm³/mol. The fraction of sp³-hybridized carbons (Fsp3) is 0.273. The van der Waals surface area contributed by atoms with E-state index >= 15 is 0 Å². The van der Waals surface area contributed by atoms with Gasteiger partial charge in [0.25, 0.3) is 5.91 Å². The molecule has 6 heteroatoms. The summed E-state index contributed by atoms with van der Waals surface area (Å²) in [5, 5.41) is 3.46. The van der Waals surface area contributed by atoms with Crippen LogP contribution in [0, 0.1) is 0 Å². The first kappa shape index (κ1) is 19.9. The molecule has 1 amide bonds. The Kier molecular flexibility index (Phi) is 6.66. The fourth-order valence-electron chi connectivity index (χ4n) is 2.89. The van der Waals surface area contributed by atoms with Crippen LogP contribution in [0.1, 0.15) is 30.9 Å². The highest BCUT2D eigenvalue weighted by Gasteiger charge is 2.29. The average Bonchev–Trinajstić information content (AvgIpc) is 2.98. The van der Waals surface area contributed by atoms with E-state index in [0.717, 1.165) is 24.0 Å². The summed E-state index contributed by atoms with van der Waals surface area (Å²) in [5.74, 6) is 1.17. The summed E-state index contributed by atoms with van der Waals surface area (Å²) in [5.41, 5.74) is 2.39. The third-order valence-electron chi connectivity index (χ3n) is 4.43. The number of hydrogen-bond acceptors (Lipinski definition) is 4. The Morgan fingerprint density at radius 2 is 1.93 bits per heavy atom. The number of nitrogens with zero attached hydrogens (tertiary/aromatic N) is 1. The lowest BCUT2D eigenvalue weighted by Gasteiger charge is -2.12. The normalized spacial score (nSPS) is 15.1. The van der Waals surface area contributed by atoms with E-state index in [-0.39, 0.29) is 5.91 Å². The number of benzene rings is 2. The molecule has 28 heavy (non-hydrogen) atoms. The van der Waals surface area contributed by atoms with Crippen LogP contribution in [-0.4, -0.2) is 29.6 Å². The Morgan fingerprint density at radius 1 is 1.14 bits per heavy atom. The minimum Gasteiger partial charge on any atom is -0.493 e. The molecular formula is C22H24N2O3S. The quantitative estimate of drug-likeness (QED) is 0.537. The molecule has 0 spiro atoms. The molecule has 1 saturated heterocycles. The summed E-state index contributed by atoms with van der Waals surface area (Å²) >= 11 is 5.28. The summed E-state index contributed by atoms with van der Waals surface area (Å²) in [7, 11) is 1.60. The van der Waals surface area contributed by atoms with Crippen molar-refractivity contribution in [2.24, 2.45) is 0 Å². The van der Waals surface area contributed by atoms with E-state index in [9.17, 15) is 4.79 Å². The third-order valence-corrected chi connectivity index (χ3v) is 4.76. The largest absolute Gasteiger partial charge is 0.493 e. The molecule has 0 radical (unpaired) electrons. The van der Waals surface area contributed by atoms with E-state index in [1.807, 2.05) is 48.5 Å². The molecule has 0 unspecified atom stereocenters. The van der Waals surface area contributed by atoms with Crippen LogP contribution in [0.25, 0.3) is 6.08 Å². The van der Waals surface area contributed by atoms with Crippen molar-refractivity contribution < 1.29 is 14.3 Å². The standard InChI is InChI=1S/C22H24N2O3S/c1-3-4-12-24-21(25)18(23-22(24)28)13-17-10-11-19(20(14-17)26-2)27-15-16-8-6-5-7-9-16/h5-11,13-14H,3-4,12,15H2,1-2H3,(H,23,28)/b18-13+. The maximum atomic E-state index is 12.6. The number of thiocarbonyl (C=S) groups is 1. The number of hydrogen-bond donors (Lipinski definition) is 1. The van der Waals surface area contributed by atoms with Crippen LogP contribution in [0.3, 0.4) is 0 Å². The van der Waals surface area contributed by atoms with E-state index in [4.69, 9.17) is 21.7 Å². The second-order valence-electron chi connectivity index (χ2n) is 6.48. The van der Waals surface area contributed by atoms with Gasteiger partial charge in [0.05, 0.1) is 7.11 Å². The van der Waals surface area contributed by atoms with Gasteiger partial charge in [0.2, 0.25) is 0 Å². The molecule has 0 aliphatic carbocycles. The smallest absolute Gasteiger partial charge is 0.276 e. The molecule has 3 rings (SSSR count). The van der Waals surface area contributed by atoms with E-state index in [0.29, 0.717) is 35.5 Å². The molecule has 1 fully saturated rings. The van der Waals surface area contributed by atoms with E-state index in [1.165, 1.54) is 0 Å². The zero-order chi connectivity index (χ0) is 19.9. The molecule has 1 aliphatic rings. The van der Waals surface area contributed by atoms with Crippen molar-refractivity contribution in [3.63, 3.8) is 0 Å². The fourth-order valence-corrected chi connectivity index (χ4v) is 3.17. The number of methoxy groups -OCH3 is 1. The molecule has 2 aromatic carbocycles. The second kappa shape index (κ2) is 9.37. The maximum Gasteiger partial charge on any atom is 0.276 e. The Bertz CT molecular complexity index is 881. The Balaban J connectivity index is 1.74. The maximum absolute atomic E-state index is 12.6. The highest BCUT2D eigenvalue weighted by atomic mass is 32.1. The predicted octanol–water partition coefficient (Wildman–Crippen LogP) is 4.13. The molecule has 146 valence electrons. The van der Waals surface area contributed by atoms with Gasteiger partial charge in [-0.25, -0.2) is 0 Å². The lowest BCUT2D eigenvalue weighted by molar-refractivity contribution is -0.122. The van der Waals surface area contributed by atoms with Crippen LogP contribution in [0.4, 0.5) is 0 Å². The van der Waals surface area contributed by atoms with Gasteiger partial charge >= 0.3 is 0 Å².